The third-order valence-electron chi connectivity index (χ3n) is 5.84. The molecule has 3 aromatic rings. The van der Waals surface area contributed by atoms with E-state index in [9.17, 15) is 14.9 Å². The molecule has 1 aliphatic rings. The van der Waals surface area contributed by atoms with Crippen LogP contribution in [0.3, 0.4) is 0 Å². The molecule has 4 rings (SSSR count). The van der Waals surface area contributed by atoms with E-state index in [1.165, 1.54) is 11.3 Å². The van der Waals surface area contributed by atoms with E-state index < -0.39 is 0 Å². The summed E-state index contributed by atoms with van der Waals surface area (Å²) in [6.45, 7) is 2.81. The van der Waals surface area contributed by atoms with Gasteiger partial charge in [-0.2, -0.15) is 10.4 Å². The predicted molar refractivity (Wildman–Crippen MR) is 129 cm³/mol. The van der Waals surface area contributed by atoms with Gasteiger partial charge in [0.05, 0.1) is 31.5 Å². The number of thiophene rings is 1. The number of ether oxygens (including phenoxy) is 1. The van der Waals surface area contributed by atoms with Gasteiger partial charge in [-0.15, -0.1) is 11.3 Å². The number of benzene rings is 1. The summed E-state index contributed by atoms with van der Waals surface area (Å²) in [6.07, 6.45) is 4.86. The number of anilines is 1. The first kappa shape index (κ1) is 23.3. The third kappa shape index (κ3) is 5.21. The number of H-pyrrole nitrogens is 1. The van der Waals surface area contributed by atoms with Gasteiger partial charge < -0.3 is 20.3 Å². The molecule has 1 unspecified atom stereocenters. The van der Waals surface area contributed by atoms with Gasteiger partial charge in [0, 0.05) is 29.6 Å². The van der Waals surface area contributed by atoms with E-state index in [1.54, 1.807) is 24.4 Å². The summed E-state index contributed by atoms with van der Waals surface area (Å²) in [6, 6.07) is 9.51. The highest BCUT2D eigenvalue weighted by atomic mass is 32.1. The Kier molecular flexibility index (Phi) is 7.13. The number of rotatable bonds is 7. The van der Waals surface area contributed by atoms with E-state index in [4.69, 9.17) is 4.74 Å². The molecule has 0 saturated heterocycles. The number of carbonyl (C=O) groups is 2. The zero-order chi connectivity index (χ0) is 24.1. The van der Waals surface area contributed by atoms with Crippen molar-refractivity contribution in [3.63, 3.8) is 0 Å². The highest BCUT2D eigenvalue weighted by Crippen LogP contribution is 2.37. The molecule has 0 saturated carbocycles. The lowest BCUT2D eigenvalue weighted by molar-refractivity contribution is -0.116. The Hall–Kier alpha value is -3.84. The fourth-order valence-electron chi connectivity index (χ4n) is 3.92. The Morgan fingerprint density at radius 2 is 2.26 bits per heavy atom. The molecule has 0 fully saturated rings. The number of hydrogen-bond acceptors (Lipinski definition) is 6. The van der Waals surface area contributed by atoms with Gasteiger partial charge in [-0.05, 0) is 43.0 Å². The average molecular weight is 479 g/mol. The number of hydrogen-bond donors (Lipinski definition) is 3. The van der Waals surface area contributed by atoms with E-state index in [0.717, 1.165) is 27.3 Å². The number of urea groups is 1. The van der Waals surface area contributed by atoms with Gasteiger partial charge in [-0.1, -0.05) is 12.1 Å². The monoisotopic (exact) mass is 478 g/mol. The summed E-state index contributed by atoms with van der Waals surface area (Å²) in [5, 5.41) is 22.8. The van der Waals surface area contributed by atoms with E-state index in [1.807, 2.05) is 31.2 Å². The topological polar surface area (TPSA) is 123 Å². The van der Waals surface area contributed by atoms with Crippen molar-refractivity contribution in [2.75, 3.05) is 19.0 Å². The smallest absolute Gasteiger partial charge is 0.318 e. The average Bonchev–Trinajstić information content (AvgIpc) is 3.50. The van der Waals surface area contributed by atoms with Crippen LogP contribution in [0.25, 0.3) is 0 Å². The molecule has 9 nitrogen and oxygen atoms in total. The van der Waals surface area contributed by atoms with Gasteiger partial charge in [-0.3, -0.25) is 9.89 Å². The quantitative estimate of drug-likeness (QED) is 0.477. The van der Waals surface area contributed by atoms with Gasteiger partial charge in [-0.25, -0.2) is 4.79 Å². The molecule has 3 amide bonds. The molecule has 176 valence electrons. The lowest BCUT2D eigenvalue weighted by Gasteiger charge is -2.28. The first-order valence-electron chi connectivity index (χ1n) is 11.0. The van der Waals surface area contributed by atoms with Gasteiger partial charge >= 0.3 is 6.03 Å². The van der Waals surface area contributed by atoms with Crippen LogP contribution < -0.4 is 15.4 Å². The zero-order valence-electron chi connectivity index (χ0n) is 19.1. The second-order valence-corrected chi connectivity index (χ2v) is 9.20. The molecular formula is C24H26N6O3S. The van der Waals surface area contributed by atoms with Crippen LogP contribution in [0.5, 0.6) is 5.75 Å². The van der Waals surface area contributed by atoms with Crippen molar-refractivity contribution in [1.82, 2.24) is 20.4 Å². The fraction of sp³-hybridized carbons (Fsp3) is 0.333. The lowest BCUT2D eigenvalue weighted by atomic mass is 10.0. The molecule has 10 heteroatoms. The number of nitriles is 1. The molecule has 0 radical (unpaired) electrons. The number of amides is 3. The first-order valence-corrected chi connectivity index (χ1v) is 11.8. The van der Waals surface area contributed by atoms with Crippen LogP contribution in [0.4, 0.5) is 9.80 Å². The number of fused-ring (bicyclic) bond motifs is 1. The Balaban J connectivity index is 1.38. The second-order valence-electron chi connectivity index (χ2n) is 8.09. The molecule has 1 aromatic carbocycles. The Labute approximate surface area is 201 Å². The SMILES string of the molecule is COc1cccc(CCC(=O)Nc2sc3c(c2C#N)CCN(C(=O)NC(C)c2cn[nH]c2)C3)c1. The molecular weight excluding hydrogens is 452 g/mol. The van der Waals surface area contributed by atoms with Crippen molar-refractivity contribution >= 4 is 28.3 Å². The summed E-state index contributed by atoms with van der Waals surface area (Å²) >= 11 is 1.37. The Morgan fingerprint density at radius 1 is 1.41 bits per heavy atom. The molecule has 1 atom stereocenters. The minimum atomic E-state index is -0.176. The van der Waals surface area contributed by atoms with Crippen LogP contribution >= 0.6 is 11.3 Å². The summed E-state index contributed by atoms with van der Waals surface area (Å²) in [4.78, 5) is 28.0. The van der Waals surface area contributed by atoms with Crippen LogP contribution in [0, 0.1) is 11.3 Å². The van der Waals surface area contributed by atoms with Crippen LogP contribution in [-0.4, -0.2) is 40.7 Å². The highest BCUT2D eigenvalue weighted by molar-refractivity contribution is 7.16. The van der Waals surface area contributed by atoms with Crippen LogP contribution in [0.15, 0.2) is 36.7 Å². The third-order valence-corrected chi connectivity index (χ3v) is 6.98. The summed E-state index contributed by atoms with van der Waals surface area (Å²) in [5.74, 6) is 0.602. The number of aromatic nitrogens is 2. The Morgan fingerprint density at radius 3 is 3.00 bits per heavy atom. The molecule has 1 aliphatic heterocycles. The molecule has 3 N–H and O–H groups in total. The van der Waals surface area contributed by atoms with Crippen LogP contribution in [-0.2, 0) is 24.2 Å². The highest BCUT2D eigenvalue weighted by Gasteiger charge is 2.28. The summed E-state index contributed by atoms with van der Waals surface area (Å²) in [5.41, 5.74) is 3.32. The number of nitrogens with zero attached hydrogens (tertiary/aromatic N) is 3. The summed E-state index contributed by atoms with van der Waals surface area (Å²) < 4.78 is 5.23. The summed E-state index contributed by atoms with van der Waals surface area (Å²) in [7, 11) is 1.61. The van der Waals surface area contributed by atoms with E-state index in [-0.39, 0.29) is 18.0 Å². The Bertz CT molecular complexity index is 1210. The fourth-order valence-corrected chi connectivity index (χ4v) is 5.15. The lowest BCUT2D eigenvalue weighted by Crippen LogP contribution is -2.43. The second kappa shape index (κ2) is 10.4. The number of aryl methyl sites for hydroxylation is 1. The number of carbonyl (C=O) groups excluding carboxylic acids is 2. The van der Waals surface area contributed by atoms with Gasteiger partial charge in [0.25, 0.3) is 0 Å². The predicted octanol–water partition coefficient (Wildman–Crippen LogP) is 3.75. The van der Waals surface area contributed by atoms with Crippen molar-refractivity contribution in [3.8, 4) is 11.8 Å². The van der Waals surface area contributed by atoms with Gasteiger partial charge in [0.15, 0.2) is 0 Å². The minimum absolute atomic E-state index is 0.151. The zero-order valence-corrected chi connectivity index (χ0v) is 19.9. The maximum Gasteiger partial charge on any atom is 0.318 e. The van der Waals surface area contributed by atoms with E-state index in [0.29, 0.717) is 42.9 Å². The van der Waals surface area contributed by atoms with Crippen LogP contribution in [0.1, 0.15) is 46.5 Å². The van der Waals surface area contributed by atoms with Gasteiger partial charge in [0.2, 0.25) is 5.91 Å². The van der Waals surface area contributed by atoms with Crippen molar-refractivity contribution in [2.45, 2.75) is 38.8 Å². The molecule has 2 aromatic heterocycles. The number of aromatic amines is 1. The van der Waals surface area contributed by atoms with Crippen molar-refractivity contribution < 1.29 is 14.3 Å². The minimum Gasteiger partial charge on any atom is -0.497 e. The maximum absolute atomic E-state index is 12.8. The van der Waals surface area contributed by atoms with Crippen molar-refractivity contribution in [2.24, 2.45) is 0 Å². The molecule has 0 bridgehead atoms. The standard InChI is InChI=1S/C24H26N6O3S/c1-15(17-12-26-27-13-17)28-24(32)30-9-8-19-20(11-25)23(34-21(19)14-30)29-22(31)7-6-16-4-3-5-18(10-16)33-2/h3-5,10,12-13,15H,6-9,14H2,1-2H3,(H,26,27)(H,28,32)(H,29,31). The number of nitrogens with one attached hydrogen (secondary N) is 3. The van der Waals surface area contributed by atoms with E-state index in [2.05, 4.69) is 26.9 Å². The molecule has 3 heterocycles. The largest absolute Gasteiger partial charge is 0.497 e. The van der Waals surface area contributed by atoms with Crippen molar-refractivity contribution in [3.05, 3.63) is 63.8 Å². The maximum atomic E-state index is 12.8. The van der Waals surface area contributed by atoms with Crippen molar-refractivity contribution in [1.29, 1.82) is 5.26 Å². The normalized spacial score (nSPS) is 13.5. The molecule has 0 spiro atoms. The van der Waals surface area contributed by atoms with Crippen LogP contribution in [0.2, 0.25) is 0 Å². The first-order chi connectivity index (χ1) is 16.5. The van der Waals surface area contributed by atoms with E-state index >= 15 is 0 Å². The molecule has 34 heavy (non-hydrogen) atoms. The molecule has 0 aliphatic carbocycles. The van der Waals surface area contributed by atoms with Gasteiger partial charge in [0.1, 0.15) is 16.8 Å². The number of methoxy groups -OCH3 is 1.